The van der Waals surface area contributed by atoms with Crippen molar-refractivity contribution in [3.63, 3.8) is 0 Å². The van der Waals surface area contributed by atoms with Crippen LogP contribution in [0.5, 0.6) is 0 Å². The highest BCUT2D eigenvalue weighted by atomic mass is 16.2. The van der Waals surface area contributed by atoms with Gasteiger partial charge in [0.05, 0.1) is 11.6 Å². The molecule has 0 heterocycles. The summed E-state index contributed by atoms with van der Waals surface area (Å²) in [7, 11) is 0. The molecule has 25 heavy (non-hydrogen) atoms. The van der Waals surface area contributed by atoms with E-state index in [1.807, 2.05) is 0 Å². The summed E-state index contributed by atoms with van der Waals surface area (Å²) in [5, 5.41) is 4.27. The Balaban J connectivity index is 1.40. The maximum absolute atomic E-state index is 12.8. The number of hydrogen-bond donors (Lipinski definition) is 1. The van der Waals surface area contributed by atoms with Crippen LogP contribution < -0.4 is 5.43 Å². The summed E-state index contributed by atoms with van der Waals surface area (Å²) in [6.07, 6.45) is 9.09. The van der Waals surface area contributed by atoms with Gasteiger partial charge in [-0.2, -0.15) is 5.10 Å². The first-order valence-electron chi connectivity index (χ1n) is 9.78. The Labute approximate surface area is 151 Å². The maximum Gasteiger partial charge on any atom is 0.246 e. The van der Waals surface area contributed by atoms with Crippen LogP contribution in [0.3, 0.4) is 0 Å². The van der Waals surface area contributed by atoms with Crippen LogP contribution in [0.25, 0.3) is 0 Å². The lowest BCUT2D eigenvalue weighted by atomic mass is 9.49. The molecule has 1 aromatic rings. The average molecular weight is 338 g/mol. The lowest BCUT2D eigenvalue weighted by molar-refractivity contribution is -0.146. The van der Waals surface area contributed by atoms with Crippen LogP contribution in [0.15, 0.2) is 29.4 Å². The van der Waals surface area contributed by atoms with Crippen molar-refractivity contribution in [2.75, 3.05) is 0 Å². The quantitative estimate of drug-likeness (QED) is 0.632. The van der Waals surface area contributed by atoms with Crippen molar-refractivity contribution in [3.8, 4) is 0 Å². The third kappa shape index (κ3) is 3.26. The number of hydrazone groups is 1. The number of rotatable bonds is 3. The molecule has 3 nitrogen and oxygen atoms in total. The van der Waals surface area contributed by atoms with Gasteiger partial charge in [-0.15, -0.1) is 0 Å². The minimum absolute atomic E-state index is 0.123. The summed E-state index contributed by atoms with van der Waals surface area (Å²) in [6, 6.07) is 8.42. The van der Waals surface area contributed by atoms with Crippen molar-refractivity contribution in [1.29, 1.82) is 0 Å². The Morgan fingerprint density at radius 3 is 2.04 bits per heavy atom. The number of amides is 1. The van der Waals surface area contributed by atoms with E-state index in [2.05, 4.69) is 55.6 Å². The van der Waals surface area contributed by atoms with E-state index in [9.17, 15) is 4.79 Å². The third-order valence-corrected chi connectivity index (χ3v) is 6.68. The van der Waals surface area contributed by atoms with Gasteiger partial charge in [-0.3, -0.25) is 4.79 Å². The molecule has 4 saturated carbocycles. The molecule has 0 aromatic heterocycles. The highest BCUT2D eigenvalue weighted by molar-refractivity contribution is 5.85. The van der Waals surface area contributed by atoms with E-state index in [4.69, 9.17) is 0 Å². The van der Waals surface area contributed by atoms with Crippen LogP contribution >= 0.6 is 0 Å². The first-order chi connectivity index (χ1) is 11.8. The molecule has 3 heteroatoms. The summed E-state index contributed by atoms with van der Waals surface area (Å²) < 4.78 is 0. The summed E-state index contributed by atoms with van der Waals surface area (Å²) in [6.45, 7) is 6.63. The highest BCUT2D eigenvalue weighted by Crippen LogP contribution is 2.60. The normalized spacial score (nSPS) is 33.8. The Morgan fingerprint density at radius 1 is 1.04 bits per heavy atom. The van der Waals surface area contributed by atoms with Crippen molar-refractivity contribution < 1.29 is 4.79 Å². The molecule has 0 atom stereocenters. The van der Waals surface area contributed by atoms with E-state index in [1.165, 1.54) is 24.8 Å². The van der Waals surface area contributed by atoms with Crippen LogP contribution in [0, 0.1) is 23.2 Å². The van der Waals surface area contributed by atoms with Crippen LogP contribution in [-0.4, -0.2) is 12.1 Å². The second-order valence-corrected chi connectivity index (χ2v) is 9.77. The number of carbonyl (C=O) groups is 1. The molecule has 5 rings (SSSR count). The van der Waals surface area contributed by atoms with Crippen molar-refractivity contribution in [3.05, 3.63) is 35.4 Å². The minimum atomic E-state index is -0.123. The molecule has 0 saturated heterocycles. The molecule has 1 amide bonds. The first-order valence-corrected chi connectivity index (χ1v) is 9.78. The first kappa shape index (κ1) is 16.8. The van der Waals surface area contributed by atoms with Crippen molar-refractivity contribution >= 4 is 12.1 Å². The van der Waals surface area contributed by atoms with E-state index in [-0.39, 0.29) is 16.7 Å². The molecule has 134 valence electrons. The molecule has 0 aliphatic heterocycles. The van der Waals surface area contributed by atoms with Crippen LogP contribution in [-0.2, 0) is 10.2 Å². The van der Waals surface area contributed by atoms with Crippen molar-refractivity contribution in [2.45, 2.75) is 64.7 Å². The summed E-state index contributed by atoms with van der Waals surface area (Å²) in [5.41, 5.74) is 5.23. The van der Waals surface area contributed by atoms with E-state index < -0.39 is 0 Å². The van der Waals surface area contributed by atoms with Gasteiger partial charge in [0, 0.05) is 0 Å². The van der Waals surface area contributed by atoms with E-state index in [1.54, 1.807) is 6.21 Å². The summed E-state index contributed by atoms with van der Waals surface area (Å²) in [4.78, 5) is 12.8. The average Bonchev–Trinajstić information content (AvgIpc) is 2.53. The maximum atomic E-state index is 12.8. The van der Waals surface area contributed by atoms with Gasteiger partial charge in [0.1, 0.15) is 0 Å². The predicted octanol–water partition coefficient (Wildman–Crippen LogP) is 4.65. The summed E-state index contributed by atoms with van der Waals surface area (Å²) in [5.74, 6) is 2.51. The molecule has 1 N–H and O–H groups in total. The number of nitrogens with one attached hydrogen (secondary N) is 1. The fourth-order valence-corrected chi connectivity index (χ4v) is 5.74. The molecule has 4 fully saturated rings. The van der Waals surface area contributed by atoms with Gasteiger partial charge in [0.15, 0.2) is 0 Å². The third-order valence-electron chi connectivity index (χ3n) is 6.68. The van der Waals surface area contributed by atoms with Gasteiger partial charge >= 0.3 is 0 Å². The predicted molar refractivity (Wildman–Crippen MR) is 101 cm³/mol. The lowest BCUT2D eigenvalue weighted by Crippen LogP contribution is -2.52. The highest BCUT2D eigenvalue weighted by Gasteiger charge is 2.54. The van der Waals surface area contributed by atoms with Gasteiger partial charge in [-0.1, -0.05) is 45.0 Å². The SMILES string of the molecule is CC(C)(C)c1ccc(C=NNC(=O)C23CC4CC(CC(C4)C2)C3)cc1. The van der Waals surface area contributed by atoms with Gasteiger partial charge in [-0.25, -0.2) is 5.43 Å². The molecule has 4 aliphatic carbocycles. The summed E-state index contributed by atoms with van der Waals surface area (Å²) >= 11 is 0. The lowest BCUT2D eigenvalue weighted by Gasteiger charge is -2.55. The number of hydrogen-bond acceptors (Lipinski definition) is 2. The van der Waals surface area contributed by atoms with Crippen LogP contribution in [0.1, 0.15) is 70.4 Å². The van der Waals surface area contributed by atoms with Gasteiger partial charge in [0.25, 0.3) is 0 Å². The van der Waals surface area contributed by atoms with Crippen LogP contribution in [0.4, 0.5) is 0 Å². The molecule has 0 radical (unpaired) electrons. The molecule has 1 aromatic carbocycles. The standard InChI is InChI=1S/C22H30N2O/c1-21(2,3)19-6-4-15(5-7-19)14-23-24-20(25)22-11-16-8-17(12-22)10-18(9-16)13-22/h4-7,14,16-18H,8-13H2,1-3H3,(H,24,25). The van der Waals surface area contributed by atoms with Gasteiger partial charge in [0.2, 0.25) is 5.91 Å². The zero-order valence-electron chi connectivity index (χ0n) is 15.7. The monoisotopic (exact) mass is 338 g/mol. The smallest absolute Gasteiger partial charge is 0.246 e. The van der Waals surface area contributed by atoms with E-state index in [0.29, 0.717) is 0 Å². The van der Waals surface area contributed by atoms with Crippen molar-refractivity contribution in [1.82, 2.24) is 5.43 Å². The molecule has 4 aliphatic rings. The Morgan fingerprint density at radius 2 is 1.56 bits per heavy atom. The Bertz CT molecular complexity index is 646. The van der Waals surface area contributed by atoms with Crippen molar-refractivity contribution in [2.24, 2.45) is 28.3 Å². The second-order valence-electron chi connectivity index (χ2n) is 9.77. The molecule has 4 bridgehead atoms. The van der Waals surface area contributed by atoms with E-state index in [0.717, 1.165) is 42.6 Å². The zero-order chi connectivity index (χ0) is 17.7. The second kappa shape index (κ2) is 5.96. The topological polar surface area (TPSA) is 41.5 Å². The molecule has 0 spiro atoms. The fourth-order valence-electron chi connectivity index (χ4n) is 5.74. The Kier molecular flexibility index (Phi) is 4.01. The molecule has 0 unspecified atom stereocenters. The largest absolute Gasteiger partial charge is 0.273 e. The number of carbonyl (C=O) groups excluding carboxylic acids is 1. The van der Waals surface area contributed by atoms with Gasteiger partial charge < -0.3 is 0 Å². The number of benzene rings is 1. The number of nitrogens with zero attached hydrogens (tertiary/aromatic N) is 1. The molecular formula is C22H30N2O. The fraction of sp³-hybridized carbons (Fsp3) is 0.636. The van der Waals surface area contributed by atoms with E-state index >= 15 is 0 Å². The Hall–Kier alpha value is -1.64. The minimum Gasteiger partial charge on any atom is -0.273 e. The van der Waals surface area contributed by atoms with Crippen LogP contribution in [0.2, 0.25) is 0 Å². The van der Waals surface area contributed by atoms with Gasteiger partial charge in [-0.05, 0) is 72.8 Å². The zero-order valence-corrected chi connectivity index (χ0v) is 15.7. The molecular weight excluding hydrogens is 308 g/mol.